The van der Waals surface area contributed by atoms with Crippen molar-refractivity contribution in [3.8, 4) is 17.9 Å². The number of nitriles is 2. The Labute approximate surface area is 184 Å². The highest BCUT2D eigenvalue weighted by atomic mass is 32.2. The number of benzene rings is 1. The third-order valence-corrected chi connectivity index (χ3v) is 6.64. The average Bonchev–Trinajstić information content (AvgIpc) is 2.73. The second-order valence-electron chi connectivity index (χ2n) is 6.90. The number of alkyl halides is 3. The van der Waals surface area contributed by atoms with Gasteiger partial charge in [-0.15, -0.1) is 13.2 Å². The van der Waals surface area contributed by atoms with Gasteiger partial charge in [-0.3, -0.25) is 9.69 Å². The molecule has 0 N–H and O–H groups in total. The van der Waals surface area contributed by atoms with E-state index in [4.69, 9.17) is 10.5 Å². The third-order valence-electron chi connectivity index (χ3n) is 4.72. The van der Waals surface area contributed by atoms with Crippen molar-refractivity contribution in [1.29, 1.82) is 10.5 Å². The van der Waals surface area contributed by atoms with E-state index in [2.05, 4.69) is 4.74 Å². The molecular weight excluding hydrogens is 451 g/mol. The van der Waals surface area contributed by atoms with Crippen molar-refractivity contribution in [3.05, 3.63) is 24.3 Å². The molecule has 1 heterocycles. The van der Waals surface area contributed by atoms with Crippen LogP contribution in [0.1, 0.15) is 12.8 Å². The smallest absolute Gasteiger partial charge is 0.406 e. The van der Waals surface area contributed by atoms with Gasteiger partial charge in [0, 0.05) is 39.3 Å². The van der Waals surface area contributed by atoms with Gasteiger partial charge in [0.2, 0.25) is 15.9 Å². The number of piperazine rings is 1. The van der Waals surface area contributed by atoms with E-state index in [1.54, 1.807) is 4.90 Å². The molecule has 32 heavy (non-hydrogen) atoms. The van der Waals surface area contributed by atoms with Crippen LogP contribution in [0, 0.1) is 22.7 Å². The molecule has 1 aliphatic heterocycles. The molecule has 0 saturated carbocycles. The van der Waals surface area contributed by atoms with Crippen molar-refractivity contribution in [1.82, 2.24) is 14.1 Å². The van der Waals surface area contributed by atoms with Crippen molar-refractivity contribution < 1.29 is 31.1 Å². The number of halogens is 3. The first-order valence-corrected chi connectivity index (χ1v) is 11.1. The summed E-state index contributed by atoms with van der Waals surface area (Å²) in [5, 5.41) is 17.5. The molecule has 1 saturated heterocycles. The predicted molar refractivity (Wildman–Crippen MR) is 105 cm³/mol. The number of nitrogens with zero attached hydrogens (tertiary/aromatic N) is 5. The highest BCUT2D eigenvalue weighted by Crippen LogP contribution is 2.25. The van der Waals surface area contributed by atoms with Crippen molar-refractivity contribution in [2.75, 3.05) is 45.8 Å². The van der Waals surface area contributed by atoms with E-state index in [-0.39, 0.29) is 69.5 Å². The van der Waals surface area contributed by atoms with Gasteiger partial charge in [0.25, 0.3) is 0 Å². The number of carbonyl (C=O) groups is 1. The van der Waals surface area contributed by atoms with E-state index >= 15 is 0 Å². The minimum absolute atomic E-state index is 0.0359. The molecular formula is C19H22F3N5O4S. The monoisotopic (exact) mass is 473 g/mol. The van der Waals surface area contributed by atoms with E-state index < -0.39 is 22.1 Å². The highest BCUT2D eigenvalue weighted by Gasteiger charge is 2.32. The molecule has 0 unspecified atom stereocenters. The molecule has 1 amide bonds. The molecule has 0 aromatic heterocycles. The molecule has 0 radical (unpaired) electrons. The van der Waals surface area contributed by atoms with Crippen LogP contribution >= 0.6 is 0 Å². The van der Waals surface area contributed by atoms with Crippen LogP contribution in [0.4, 0.5) is 13.2 Å². The Kier molecular flexibility index (Phi) is 8.83. The van der Waals surface area contributed by atoms with Gasteiger partial charge in [0.05, 0.1) is 36.4 Å². The van der Waals surface area contributed by atoms with Gasteiger partial charge in [0.15, 0.2) is 0 Å². The van der Waals surface area contributed by atoms with Crippen molar-refractivity contribution in [2.24, 2.45) is 0 Å². The summed E-state index contributed by atoms with van der Waals surface area (Å²) in [6.07, 6.45) is -4.57. The standard InChI is InChI=1S/C19H22F3N5O4S/c20-19(21,22)31-16-3-5-17(6-4-16)32(29,30)27-13-11-25(12-14-27)15-18(28)26(9-1-7-23)10-2-8-24/h3-6H,1-2,9-15H2. The number of hydrogen-bond donors (Lipinski definition) is 0. The zero-order valence-electron chi connectivity index (χ0n) is 17.1. The van der Waals surface area contributed by atoms with Crippen molar-refractivity contribution in [3.63, 3.8) is 0 Å². The first kappa shape index (κ1) is 25.4. The summed E-state index contributed by atoms with van der Waals surface area (Å²) >= 11 is 0. The molecule has 0 atom stereocenters. The Hall–Kier alpha value is -2.87. The van der Waals surface area contributed by atoms with Crippen LogP contribution < -0.4 is 4.74 Å². The van der Waals surface area contributed by atoms with Gasteiger partial charge in [-0.2, -0.15) is 14.8 Å². The lowest BCUT2D eigenvalue weighted by Gasteiger charge is -2.34. The zero-order valence-corrected chi connectivity index (χ0v) is 17.9. The van der Waals surface area contributed by atoms with Gasteiger partial charge in [-0.1, -0.05) is 0 Å². The largest absolute Gasteiger partial charge is 0.573 e. The number of hydrogen-bond acceptors (Lipinski definition) is 7. The Bertz CT molecular complexity index is 945. The Morgan fingerprint density at radius 2 is 1.56 bits per heavy atom. The second kappa shape index (κ2) is 11.1. The van der Waals surface area contributed by atoms with Gasteiger partial charge in [-0.05, 0) is 24.3 Å². The maximum absolute atomic E-state index is 12.8. The van der Waals surface area contributed by atoms with Crippen LogP contribution in [0.15, 0.2) is 29.2 Å². The lowest BCUT2D eigenvalue weighted by Crippen LogP contribution is -2.51. The molecule has 1 aliphatic rings. The summed E-state index contributed by atoms with van der Waals surface area (Å²) in [5.41, 5.74) is 0. The van der Waals surface area contributed by atoms with Crippen molar-refractivity contribution >= 4 is 15.9 Å². The normalized spacial score (nSPS) is 15.5. The molecule has 0 aliphatic carbocycles. The van der Waals surface area contributed by atoms with Crippen molar-refractivity contribution in [2.45, 2.75) is 24.1 Å². The maximum Gasteiger partial charge on any atom is 0.573 e. The van der Waals surface area contributed by atoms with E-state index in [0.717, 1.165) is 24.3 Å². The lowest BCUT2D eigenvalue weighted by atomic mass is 10.3. The van der Waals surface area contributed by atoms with Gasteiger partial charge in [-0.25, -0.2) is 8.42 Å². The molecule has 9 nitrogen and oxygen atoms in total. The summed E-state index contributed by atoms with van der Waals surface area (Å²) in [5.74, 6) is -0.760. The average molecular weight is 473 g/mol. The van der Waals surface area contributed by atoms with E-state index in [9.17, 15) is 26.4 Å². The molecule has 1 fully saturated rings. The second-order valence-corrected chi connectivity index (χ2v) is 8.83. The minimum Gasteiger partial charge on any atom is -0.406 e. The molecule has 1 aromatic rings. The molecule has 1 aromatic carbocycles. The summed E-state index contributed by atoms with van der Waals surface area (Å²) in [6.45, 7) is 1.25. The topological polar surface area (TPSA) is 118 Å². The molecule has 0 bridgehead atoms. The number of sulfonamides is 1. The number of ether oxygens (including phenoxy) is 1. The quantitative estimate of drug-likeness (QED) is 0.534. The van der Waals surface area contributed by atoms with Crippen LogP contribution in [0.25, 0.3) is 0 Å². The molecule has 13 heteroatoms. The van der Waals surface area contributed by atoms with E-state index in [1.807, 2.05) is 12.1 Å². The minimum atomic E-state index is -4.87. The van der Waals surface area contributed by atoms with Crippen LogP contribution in [0.3, 0.4) is 0 Å². The number of amides is 1. The Morgan fingerprint density at radius 3 is 2.03 bits per heavy atom. The van der Waals surface area contributed by atoms with Crippen LogP contribution in [0.2, 0.25) is 0 Å². The Balaban J connectivity index is 1.94. The summed E-state index contributed by atoms with van der Waals surface area (Å²) in [7, 11) is -3.91. The molecule has 0 spiro atoms. The SMILES string of the molecule is N#CCCN(CCC#N)C(=O)CN1CCN(S(=O)(=O)c2ccc(OC(F)(F)F)cc2)CC1. The van der Waals surface area contributed by atoms with Crippen LogP contribution in [-0.4, -0.2) is 80.6 Å². The van der Waals surface area contributed by atoms with E-state index in [0.29, 0.717) is 0 Å². The fourth-order valence-corrected chi connectivity index (χ4v) is 4.53. The number of carbonyl (C=O) groups excluding carboxylic acids is 1. The predicted octanol–water partition coefficient (Wildman–Crippen LogP) is 1.55. The first-order valence-electron chi connectivity index (χ1n) is 9.67. The lowest BCUT2D eigenvalue weighted by molar-refractivity contribution is -0.274. The maximum atomic E-state index is 12.8. The summed E-state index contributed by atoms with van der Waals surface area (Å²) < 4.78 is 67.3. The fraction of sp³-hybridized carbons (Fsp3) is 0.526. The van der Waals surface area contributed by atoms with Gasteiger partial charge >= 0.3 is 6.36 Å². The molecule has 2 rings (SSSR count). The molecule has 174 valence electrons. The third kappa shape index (κ3) is 7.37. The summed E-state index contributed by atoms with van der Waals surface area (Å²) in [6, 6.07) is 7.89. The zero-order chi connectivity index (χ0) is 23.8. The Morgan fingerprint density at radius 1 is 1.03 bits per heavy atom. The van der Waals surface area contributed by atoms with Gasteiger partial charge in [0.1, 0.15) is 5.75 Å². The summed E-state index contributed by atoms with van der Waals surface area (Å²) in [4.78, 5) is 15.6. The fourth-order valence-electron chi connectivity index (χ4n) is 3.11. The van der Waals surface area contributed by atoms with Crippen LogP contribution in [-0.2, 0) is 14.8 Å². The first-order chi connectivity index (χ1) is 15.1. The van der Waals surface area contributed by atoms with Gasteiger partial charge < -0.3 is 9.64 Å². The highest BCUT2D eigenvalue weighted by molar-refractivity contribution is 7.89. The van der Waals surface area contributed by atoms with Crippen LogP contribution in [0.5, 0.6) is 5.75 Å². The number of rotatable bonds is 9. The van der Waals surface area contributed by atoms with E-state index in [1.165, 1.54) is 9.21 Å².